The molecule has 3 N–H and O–H groups in total. The lowest BCUT2D eigenvalue weighted by Gasteiger charge is -2.22. The maximum Gasteiger partial charge on any atom is 0.325 e. The first-order valence-electron chi connectivity index (χ1n) is 6.56. The molecule has 2 aliphatic heterocycles. The van der Waals surface area contributed by atoms with Gasteiger partial charge in [-0.1, -0.05) is 18.2 Å². The smallest absolute Gasteiger partial charge is 0.325 e. The van der Waals surface area contributed by atoms with Crippen molar-refractivity contribution in [1.82, 2.24) is 4.90 Å². The number of benzene rings is 1. The summed E-state index contributed by atoms with van der Waals surface area (Å²) in [6, 6.07) is 8.48. The van der Waals surface area contributed by atoms with E-state index in [1.165, 1.54) is 10.5 Å². The van der Waals surface area contributed by atoms with Crippen molar-refractivity contribution in [2.45, 2.75) is 28.5 Å². The van der Waals surface area contributed by atoms with Gasteiger partial charge in [0.1, 0.15) is 5.54 Å². The van der Waals surface area contributed by atoms with Crippen molar-refractivity contribution in [1.29, 1.82) is 0 Å². The first kappa shape index (κ1) is 13.0. The molecule has 3 rings (SSSR count). The van der Waals surface area contributed by atoms with E-state index in [1.54, 1.807) is 0 Å². The third kappa shape index (κ3) is 2.50. The minimum Gasteiger partial charge on any atom is -0.480 e. The lowest BCUT2D eigenvalue weighted by Crippen LogP contribution is -2.50. The van der Waals surface area contributed by atoms with Crippen molar-refractivity contribution in [2.24, 2.45) is 5.73 Å². The lowest BCUT2D eigenvalue weighted by molar-refractivity contribution is -0.142. The van der Waals surface area contributed by atoms with Gasteiger partial charge in [0.25, 0.3) is 0 Å². The molecule has 0 spiro atoms. The maximum absolute atomic E-state index is 11.1. The van der Waals surface area contributed by atoms with Crippen molar-refractivity contribution in [3.05, 3.63) is 29.8 Å². The van der Waals surface area contributed by atoms with Crippen LogP contribution in [0.4, 0.5) is 0 Å². The van der Waals surface area contributed by atoms with E-state index in [9.17, 15) is 4.79 Å². The average molecular weight is 278 g/mol. The molecule has 1 aromatic rings. The number of rotatable bonds is 3. The van der Waals surface area contributed by atoms with Crippen LogP contribution in [0.5, 0.6) is 0 Å². The Kier molecular flexibility index (Phi) is 3.28. The fourth-order valence-electron chi connectivity index (χ4n) is 2.89. The number of carbonyl (C=O) groups is 1. The molecule has 5 heteroatoms. The third-order valence-corrected chi connectivity index (χ3v) is 5.28. The molecule has 0 aromatic heterocycles. The Balaban J connectivity index is 1.59. The number of fused-ring (bicyclic) bond motifs is 1. The van der Waals surface area contributed by atoms with Crippen LogP contribution in [0.1, 0.15) is 12.0 Å². The molecule has 1 aromatic carbocycles. The van der Waals surface area contributed by atoms with Crippen LogP contribution in [-0.2, 0) is 11.2 Å². The van der Waals surface area contributed by atoms with Crippen LogP contribution in [0.25, 0.3) is 0 Å². The van der Waals surface area contributed by atoms with E-state index >= 15 is 0 Å². The second-order valence-corrected chi connectivity index (χ2v) is 6.84. The Morgan fingerprint density at radius 3 is 3.00 bits per heavy atom. The molecule has 0 bridgehead atoms. The SMILES string of the molecule is NC1(C(=O)O)CCN(CC2Cc3ccccc3S2)C1. The van der Waals surface area contributed by atoms with Gasteiger partial charge in [-0.15, -0.1) is 11.8 Å². The fraction of sp³-hybridized carbons (Fsp3) is 0.500. The molecular formula is C14H18N2O2S. The summed E-state index contributed by atoms with van der Waals surface area (Å²) in [5.74, 6) is -0.877. The van der Waals surface area contributed by atoms with Gasteiger partial charge in [0, 0.05) is 29.8 Å². The number of hydrogen-bond donors (Lipinski definition) is 2. The van der Waals surface area contributed by atoms with Crippen LogP contribution < -0.4 is 5.73 Å². The van der Waals surface area contributed by atoms with Crippen LogP contribution in [0.15, 0.2) is 29.2 Å². The largest absolute Gasteiger partial charge is 0.480 e. The van der Waals surface area contributed by atoms with Gasteiger partial charge >= 0.3 is 5.97 Å². The zero-order valence-corrected chi connectivity index (χ0v) is 11.5. The number of thioether (sulfide) groups is 1. The first-order valence-corrected chi connectivity index (χ1v) is 7.44. The number of carboxylic acids is 1. The molecule has 0 amide bonds. The standard InChI is InChI=1S/C14H18N2O2S/c15-14(13(17)18)5-6-16(9-14)8-11-7-10-3-1-2-4-12(10)19-11/h1-4,11H,5-9,15H2,(H,17,18). The highest BCUT2D eigenvalue weighted by atomic mass is 32.2. The van der Waals surface area contributed by atoms with Gasteiger partial charge in [-0.3, -0.25) is 9.69 Å². The van der Waals surface area contributed by atoms with Gasteiger partial charge < -0.3 is 10.8 Å². The second-order valence-electron chi connectivity index (χ2n) is 5.50. The summed E-state index contributed by atoms with van der Waals surface area (Å²) in [5.41, 5.74) is 6.27. The number of nitrogens with zero attached hydrogens (tertiary/aromatic N) is 1. The van der Waals surface area contributed by atoms with Crippen LogP contribution >= 0.6 is 11.8 Å². The molecule has 1 fully saturated rings. The quantitative estimate of drug-likeness (QED) is 0.869. The van der Waals surface area contributed by atoms with E-state index in [0.29, 0.717) is 18.2 Å². The van der Waals surface area contributed by atoms with Crippen molar-refractivity contribution >= 4 is 17.7 Å². The Morgan fingerprint density at radius 1 is 1.53 bits per heavy atom. The number of nitrogens with two attached hydrogens (primary N) is 1. The summed E-state index contributed by atoms with van der Waals surface area (Å²) in [6.07, 6.45) is 1.62. The summed E-state index contributed by atoms with van der Waals surface area (Å²) in [7, 11) is 0. The first-order chi connectivity index (χ1) is 9.07. The summed E-state index contributed by atoms with van der Waals surface area (Å²) >= 11 is 1.90. The zero-order valence-electron chi connectivity index (χ0n) is 10.7. The predicted octanol–water partition coefficient (Wildman–Crippen LogP) is 1.19. The molecule has 102 valence electrons. The number of aliphatic carboxylic acids is 1. The van der Waals surface area contributed by atoms with Crippen LogP contribution in [0, 0.1) is 0 Å². The minimum atomic E-state index is -1.05. The Bertz CT molecular complexity index is 483. The second kappa shape index (κ2) is 4.81. The molecule has 4 nitrogen and oxygen atoms in total. The number of carboxylic acid groups (broad SMARTS) is 1. The Morgan fingerprint density at radius 2 is 2.32 bits per heavy atom. The van der Waals surface area contributed by atoms with E-state index in [4.69, 9.17) is 10.8 Å². The highest BCUT2D eigenvalue weighted by molar-refractivity contribution is 8.00. The van der Waals surface area contributed by atoms with Gasteiger partial charge in [0.2, 0.25) is 0 Å². The molecular weight excluding hydrogens is 260 g/mol. The van der Waals surface area contributed by atoms with E-state index in [2.05, 4.69) is 29.2 Å². The number of likely N-dealkylation sites (tertiary alicyclic amines) is 1. The molecule has 2 atom stereocenters. The van der Waals surface area contributed by atoms with E-state index < -0.39 is 11.5 Å². The van der Waals surface area contributed by atoms with E-state index in [-0.39, 0.29) is 0 Å². The van der Waals surface area contributed by atoms with Gasteiger partial charge in [-0.05, 0) is 24.5 Å². The normalized spacial score (nSPS) is 30.5. The fourth-order valence-corrected chi connectivity index (χ4v) is 4.26. The molecule has 0 aliphatic carbocycles. The van der Waals surface area contributed by atoms with Gasteiger partial charge in [-0.2, -0.15) is 0 Å². The monoisotopic (exact) mass is 278 g/mol. The highest BCUT2D eigenvalue weighted by Crippen LogP contribution is 2.37. The summed E-state index contributed by atoms with van der Waals surface area (Å²) in [5, 5.41) is 9.66. The summed E-state index contributed by atoms with van der Waals surface area (Å²) in [4.78, 5) is 14.7. The minimum absolute atomic E-state index is 0.468. The van der Waals surface area contributed by atoms with E-state index in [0.717, 1.165) is 19.5 Å². The average Bonchev–Trinajstić information content (AvgIpc) is 2.93. The Hall–Kier alpha value is -1.04. The molecule has 2 unspecified atom stereocenters. The molecule has 19 heavy (non-hydrogen) atoms. The number of hydrogen-bond acceptors (Lipinski definition) is 4. The summed E-state index contributed by atoms with van der Waals surface area (Å²) in [6.45, 7) is 2.18. The lowest BCUT2D eigenvalue weighted by atomic mass is 10.0. The third-order valence-electron chi connectivity index (χ3n) is 3.98. The molecule has 2 aliphatic rings. The highest BCUT2D eigenvalue weighted by Gasteiger charge is 2.42. The predicted molar refractivity (Wildman–Crippen MR) is 75.4 cm³/mol. The van der Waals surface area contributed by atoms with Gasteiger partial charge in [0.05, 0.1) is 0 Å². The van der Waals surface area contributed by atoms with Crippen LogP contribution in [0.2, 0.25) is 0 Å². The summed E-state index contributed by atoms with van der Waals surface area (Å²) < 4.78 is 0. The van der Waals surface area contributed by atoms with Gasteiger partial charge in [-0.25, -0.2) is 0 Å². The topological polar surface area (TPSA) is 66.6 Å². The maximum atomic E-state index is 11.1. The molecule has 1 saturated heterocycles. The van der Waals surface area contributed by atoms with Gasteiger partial charge in [0.15, 0.2) is 0 Å². The van der Waals surface area contributed by atoms with Crippen molar-refractivity contribution in [2.75, 3.05) is 19.6 Å². The van der Waals surface area contributed by atoms with E-state index in [1.807, 2.05) is 11.8 Å². The van der Waals surface area contributed by atoms with Crippen molar-refractivity contribution in [3.8, 4) is 0 Å². The molecule has 0 radical (unpaired) electrons. The molecule has 0 saturated carbocycles. The van der Waals surface area contributed by atoms with Crippen molar-refractivity contribution < 1.29 is 9.90 Å². The van der Waals surface area contributed by atoms with Crippen molar-refractivity contribution in [3.63, 3.8) is 0 Å². The Labute approximate surface area is 117 Å². The van der Waals surface area contributed by atoms with Crippen LogP contribution in [0.3, 0.4) is 0 Å². The zero-order chi connectivity index (χ0) is 13.5. The van der Waals surface area contributed by atoms with Crippen LogP contribution in [-0.4, -0.2) is 46.4 Å². The molecule has 2 heterocycles.